The zero-order valence-electron chi connectivity index (χ0n) is 11.2. The van der Waals surface area contributed by atoms with Crippen molar-refractivity contribution in [2.45, 2.75) is 25.7 Å². The second-order valence-corrected chi connectivity index (χ2v) is 6.29. The second kappa shape index (κ2) is 4.96. The standard InChI is InChI=1S/C16H15N3S/c1-2-6-11(7-3-1)19-15-14-12-8-4-5-9-13(12)20-16(14)18-10-17-15/h1-3,6-7,10H,4-5,8-9H2,(H,17,18,19)/p+1. The molecular weight excluding hydrogens is 266 g/mol. The van der Waals surface area contributed by atoms with Gasteiger partial charge in [-0.1, -0.05) is 18.2 Å². The predicted molar refractivity (Wildman–Crippen MR) is 81.7 cm³/mol. The smallest absolute Gasteiger partial charge is 0.241 e. The number of benzene rings is 1. The van der Waals surface area contributed by atoms with Crippen LogP contribution in [-0.4, -0.2) is 9.97 Å². The van der Waals surface area contributed by atoms with E-state index < -0.39 is 0 Å². The highest BCUT2D eigenvalue weighted by Crippen LogP contribution is 2.37. The zero-order valence-corrected chi connectivity index (χ0v) is 12.0. The van der Waals surface area contributed by atoms with Gasteiger partial charge in [0.05, 0.1) is 5.39 Å². The number of aromatic nitrogens is 2. The molecule has 0 unspecified atom stereocenters. The van der Waals surface area contributed by atoms with Crippen LogP contribution >= 0.6 is 11.3 Å². The minimum atomic E-state index is 1.07. The van der Waals surface area contributed by atoms with Crippen molar-refractivity contribution < 1.29 is 5.32 Å². The number of nitrogens with two attached hydrogens (primary N) is 1. The zero-order chi connectivity index (χ0) is 13.4. The summed E-state index contributed by atoms with van der Waals surface area (Å²) in [6.07, 6.45) is 6.68. The molecule has 0 aliphatic heterocycles. The maximum absolute atomic E-state index is 4.52. The molecule has 100 valence electrons. The maximum Gasteiger partial charge on any atom is 0.241 e. The van der Waals surface area contributed by atoms with Crippen LogP contribution in [-0.2, 0) is 12.8 Å². The summed E-state index contributed by atoms with van der Waals surface area (Å²) in [6.45, 7) is 0. The fraction of sp³-hybridized carbons (Fsp3) is 0.250. The number of fused-ring (bicyclic) bond motifs is 3. The third-order valence-corrected chi connectivity index (χ3v) is 5.08. The first-order valence-electron chi connectivity index (χ1n) is 7.07. The molecule has 0 bridgehead atoms. The van der Waals surface area contributed by atoms with E-state index in [0.29, 0.717) is 0 Å². The Balaban J connectivity index is 1.85. The van der Waals surface area contributed by atoms with Crippen LogP contribution in [0.4, 0.5) is 11.5 Å². The van der Waals surface area contributed by atoms with Crippen LogP contribution in [0.2, 0.25) is 0 Å². The SMILES string of the molecule is c1ccc([NH2+]c2ncnc3sc4c(c23)CCCC4)cc1. The van der Waals surface area contributed by atoms with Crippen LogP contribution in [0.3, 0.4) is 0 Å². The van der Waals surface area contributed by atoms with Gasteiger partial charge >= 0.3 is 0 Å². The number of rotatable bonds is 2. The Hall–Kier alpha value is -1.78. The molecule has 0 radical (unpaired) electrons. The molecule has 1 aromatic carbocycles. The summed E-state index contributed by atoms with van der Waals surface area (Å²) in [5, 5.41) is 3.46. The van der Waals surface area contributed by atoms with Crippen LogP contribution < -0.4 is 5.32 Å². The number of thiophene rings is 1. The Kier molecular flexibility index (Phi) is 2.98. The number of hydrogen-bond acceptors (Lipinski definition) is 3. The first kappa shape index (κ1) is 12.0. The van der Waals surface area contributed by atoms with Gasteiger partial charge in [-0.15, -0.1) is 11.3 Å². The fourth-order valence-corrected chi connectivity index (χ4v) is 4.17. The molecule has 2 heterocycles. The van der Waals surface area contributed by atoms with Gasteiger partial charge in [0.25, 0.3) is 0 Å². The van der Waals surface area contributed by atoms with Crippen LogP contribution in [0.15, 0.2) is 36.7 Å². The first-order chi connectivity index (χ1) is 9.92. The maximum atomic E-state index is 4.52. The minimum absolute atomic E-state index is 1.07. The lowest BCUT2D eigenvalue weighted by Gasteiger charge is -2.10. The molecule has 0 amide bonds. The van der Waals surface area contributed by atoms with Crippen molar-refractivity contribution in [3.8, 4) is 0 Å². The molecule has 1 aliphatic carbocycles. The van der Waals surface area contributed by atoms with Crippen LogP contribution in [0.25, 0.3) is 10.2 Å². The third-order valence-electron chi connectivity index (χ3n) is 3.88. The Labute approximate surface area is 121 Å². The average Bonchev–Trinajstić information content (AvgIpc) is 2.88. The van der Waals surface area contributed by atoms with Crippen LogP contribution in [0, 0.1) is 0 Å². The topological polar surface area (TPSA) is 42.4 Å². The highest BCUT2D eigenvalue weighted by molar-refractivity contribution is 7.18. The van der Waals surface area contributed by atoms with E-state index in [9.17, 15) is 0 Å². The number of hydrogen-bond donors (Lipinski definition) is 1. The summed E-state index contributed by atoms with van der Waals surface area (Å²) in [4.78, 5) is 11.7. The van der Waals surface area contributed by atoms with Gasteiger partial charge < -0.3 is 0 Å². The highest BCUT2D eigenvalue weighted by Gasteiger charge is 2.21. The Morgan fingerprint density at radius 3 is 2.75 bits per heavy atom. The molecule has 0 spiro atoms. The Bertz CT molecular complexity index is 749. The summed E-state index contributed by atoms with van der Waals surface area (Å²) >= 11 is 1.85. The normalized spacial score (nSPS) is 14.4. The van der Waals surface area contributed by atoms with E-state index in [2.05, 4.69) is 39.6 Å². The average molecular weight is 282 g/mol. The van der Waals surface area contributed by atoms with Crippen molar-refractivity contribution in [3.05, 3.63) is 47.1 Å². The molecule has 3 aromatic rings. The molecule has 2 N–H and O–H groups in total. The molecular formula is C16H16N3S+. The largest absolute Gasteiger partial charge is 0.264 e. The third kappa shape index (κ3) is 2.01. The van der Waals surface area contributed by atoms with E-state index in [1.54, 1.807) is 6.33 Å². The number of aryl methyl sites for hydroxylation is 2. The second-order valence-electron chi connectivity index (χ2n) is 5.20. The lowest BCUT2D eigenvalue weighted by Crippen LogP contribution is -2.71. The van der Waals surface area contributed by atoms with Gasteiger partial charge in [-0.3, -0.25) is 5.32 Å². The molecule has 0 saturated heterocycles. The van der Waals surface area contributed by atoms with E-state index in [-0.39, 0.29) is 0 Å². The van der Waals surface area contributed by atoms with E-state index in [1.807, 2.05) is 17.4 Å². The monoisotopic (exact) mass is 282 g/mol. The summed E-state index contributed by atoms with van der Waals surface area (Å²) in [7, 11) is 0. The van der Waals surface area contributed by atoms with Gasteiger partial charge in [0.2, 0.25) is 5.82 Å². The van der Waals surface area contributed by atoms with Gasteiger partial charge in [-0.2, -0.15) is 4.98 Å². The lowest BCUT2D eigenvalue weighted by molar-refractivity contribution is -0.481. The van der Waals surface area contributed by atoms with Crippen LogP contribution in [0.1, 0.15) is 23.3 Å². The van der Waals surface area contributed by atoms with Gasteiger partial charge in [0.15, 0.2) is 0 Å². The van der Waals surface area contributed by atoms with Crippen molar-refractivity contribution >= 4 is 33.1 Å². The molecule has 4 heteroatoms. The minimum Gasteiger partial charge on any atom is -0.264 e. The van der Waals surface area contributed by atoms with Gasteiger partial charge in [-0.25, -0.2) is 4.98 Å². The molecule has 4 rings (SSSR count). The number of para-hydroxylation sites is 1. The fourth-order valence-electron chi connectivity index (χ4n) is 2.93. The van der Waals surface area contributed by atoms with Gasteiger partial charge in [0.1, 0.15) is 16.8 Å². The number of quaternary nitrogens is 1. The quantitative estimate of drug-likeness (QED) is 0.734. The lowest BCUT2D eigenvalue weighted by atomic mass is 9.97. The molecule has 20 heavy (non-hydrogen) atoms. The highest BCUT2D eigenvalue weighted by atomic mass is 32.1. The molecule has 0 fully saturated rings. The molecule has 2 aromatic heterocycles. The van der Waals surface area contributed by atoms with Gasteiger partial charge in [0, 0.05) is 4.88 Å². The van der Waals surface area contributed by atoms with Crippen molar-refractivity contribution in [3.63, 3.8) is 0 Å². The van der Waals surface area contributed by atoms with Crippen molar-refractivity contribution in [2.75, 3.05) is 0 Å². The van der Waals surface area contributed by atoms with Crippen molar-refractivity contribution in [2.24, 2.45) is 0 Å². The summed E-state index contributed by atoms with van der Waals surface area (Å²) in [5.41, 5.74) is 2.70. The summed E-state index contributed by atoms with van der Waals surface area (Å²) < 4.78 is 0. The molecule has 0 saturated carbocycles. The van der Waals surface area contributed by atoms with Crippen molar-refractivity contribution in [1.29, 1.82) is 0 Å². The van der Waals surface area contributed by atoms with Crippen molar-refractivity contribution in [1.82, 2.24) is 9.97 Å². The first-order valence-corrected chi connectivity index (χ1v) is 7.88. The van der Waals surface area contributed by atoms with E-state index in [0.717, 1.165) is 10.6 Å². The summed E-state index contributed by atoms with van der Waals surface area (Å²) in [5.74, 6) is 1.07. The summed E-state index contributed by atoms with van der Waals surface area (Å²) in [6, 6.07) is 10.4. The van der Waals surface area contributed by atoms with Crippen LogP contribution in [0.5, 0.6) is 0 Å². The Morgan fingerprint density at radius 1 is 1.00 bits per heavy atom. The van der Waals surface area contributed by atoms with E-state index in [1.165, 1.54) is 47.2 Å². The van der Waals surface area contributed by atoms with E-state index in [4.69, 9.17) is 0 Å². The predicted octanol–water partition coefficient (Wildman–Crippen LogP) is 3.10. The Morgan fingerprint density at radius 2 is 1.85 bits per heavy atom. The molecule has 3 nitrogen and oxygen atoms in total. The van der Waals surface area contributed by atoms with Gasteiger partial charge in [-0.05, 0) is 43.4 Å². The molecule has 0 atom stereocenters. The van der Waals surface area contributed by atoms with E-state index >= 15 is 0 Å². The number of nitrogens with zero attached hydrogens (tertiary/aromatic N) is 2. The molecule has 1 aliphatic rings.